The zero-order valence-electron chi connectivity index (χ0n) is 14.3. The van der Waals surface area contributed by atoms with Crippen LogP contribution in [0.25, 0.3) is 0 Å². The molecule has 0 heterocycles. The van der Waals surface area contributed by atoms with Gasteiger partial charge in [-0.15, -0.1) is 0 Å². The Kier molecular flexibility index (Phi) is 6.14. The van der Waals surface area contributed by atoms with Crippen LogP contribution in [0.4, 0.5) is 0 Å². The first-order valence-corrected chi connectivity index (χ1v) is 11.3. The molecule has 0 saturated heterocycles. The van der Waals surface area contributed by atoms with Gasteiger partial charge in [0.05, 0.1) is 0 Å². The van der Waals surface area contributed by atoms with Gasteiger partial charge in [-0.25, -0.2) is 0 Å². The molecule has 2 aromatic carbocycles. The molecule has 0 spiro atoms. The molecule has 120 valence electrons. The Bertz CT molecular complexity index is 590. The Labute approximate surface area is 142 Å². The summed E-state index contributed by atoms with van der Waals surface area (Å²) >= 11 is 0. The van der Waals surface area contributed by atoms with E-state index < -0.39 is 8.24 Å². The number of rotatable bonds is 8. The fourth-order valence-corrected chi connectivity index (χ4v) is 5.53. The first-order chi connectivity index (χ1) is 11.0. The van der Waals surface area contributed by atoms with Crippen LogP contribution in [0, 0.1) is 0 Å². The second kappa shape index (κ2) is 8.09. The van der Waals surface area contributed by atoms with E-state index in [9.17, 15) is 0 Å². The first kappa shape index (κ1) is 17.5. The van der Waals surface area contributed by atoms with Crippen molar-refractivity contribution in [3.05, 3.63) is 96.6 Å². The van der Waals surface area contributed by atoms with Crippen molar-refractivity contribution >= 4 is 8.24 Å². The van der Waals surface area contributed by atoms with Crippen LogP contribution < -0.4 is 0 Å². The monoisotopic (exact) mass is 321 g/mol. The van der Waals surface area contributed by atoms with Gasteiger partial charge in [0, 0.05) is 13.1 Å². The Balaban J connectivity index is 2.22. The number of allylic oxidation sites excluding steroid dienone is 2. The molecule has 0 aliphatic carbocycles. The van der Waals surface area contributed by atoms with Crippen LogP contribution in [0.3, 0.4) is 0 Å². The van der Waals surface area contributed by atoms with Gasteiger partial charge in [0.2, 0.25) is 0 Å². The van der Waals surface area contributed by atoms with Gasteiger partial charge in [0.15, 0.2) is 0 Å². The molecule has 1 nitrogen and oxygen atoms in total. The second-order valence-corrected chi connectivity index (χ2v) is 11.3. The van der Waals surface area contributed by atoms with Crippen molar-refractivity contribution in [1.82, 2.24) is 4.57 Å². The smallest absolute Gasteiger partial charge is 0.127 e. The van der Waals surface area contributed by atoms with Gasteiger partial charge in [-0.05, 0) is 17.2 Å². The Morgan fingerprint density at radius 3 is 1.74 bits per heavy atom. The van der Waals surface area contributed by atoms with Crippen molar-refractivity contribution in [1.29, 1.82) is 0 Å². The van der Waals surface area contributed by atoms with E-state index in [2.05, 4.69) is 91.5 Å². The maximum absolute atomic E-state index is 4.14. The van der Waals surface area contributed by atoms with Crippen LogP contribution in [0.5, 0.6) is 0 Å². The van der Waals surface area contributed by atoms with Gasteiger partial charge in [0.25, 0.3) is 0 Å². The Morgan fingerprint density at radius 2 is 1.35 bits per heavy atom. The van der Waals surface area contributed by atoms with Gasteiger partial charge in [-0.2, -0.15) is 0 Å². The quantitative estimate of drug-likeness (QED) is 0.449. The zero-order chi connectivity index (χ0) is 16.7. The highest BCUT2D eigenvalue weighted by atomic mass is 28.3. The Hall–Kier alpha value is -1.90. The maximum atomic E-state index is 4.14. The summed E-state index contributed by atoms with van der Waals surface area (Å²) in [5.41, 5.74) is 3.88. The van der Waals surface area contributed by atoms with Gasteiger partial charge in [-0.3, -0.25) is 0 Å². The minimum atomic E-state index is -1.62. The lowest BCUT2D eigenvalue weighted by atomic mass is 10.2. The largest absolute Gasteiger partial charge is 0.315 e. The topological polar surface area (TPSA) is 3.24 Å². The lowest BCUT2D eigenvalue weighted by molar-refractivity contribution is 0.408. The Morgan fingerprint density at radius 1 is 0.913 bits per heavy atom. The number of hydrogen-bond acceptors (Lipinski definition) is 1. The highest BCUT2D eigenvalue weighted by molar-refractivity contribution is 6.75. The average molecular weight is 322 g/mol. The number of benzene rings is 2. The fourth-order valence-electron chi connectivity index (χ4n) is 2.83. The summed E-state index contributed by atoms with van der Waals surface area (Å²) in [4.78, 5) is 0. The van der Waals surface area contributed by atoms with Gasteiger partial charge in [-0.1, -0.05) is 98.6 Å². The minimum absolute atomic E-state index is 0.985. The molecule has 0 aromatic heterocycles. The summed E-state index contributed by atoms with van der Waals surface area (Å²) in [7, 11) is -1.62. The molecule has 2 heteroatoms. The van der Waals surface area contributed by atoms with Crippen LogP contribution in [0.2, 0.25) is 19.1 Å². The van der Waals surface area contributed by atoms with Crippen molar-refractivity contribution in [2.45, 2.75) is 32.2 Å². The standard InChI is InChI=1S/C21H27NSi/c1-5-19(2)18-23(3,4)22(16-20-12-8-6-9-13-20)17-21-14-10-7-11-15-21/h5-15H,1-2,16-18H2,3-4H3. The van der Waals surface area contributed by atoms with Crippen molar-refractivity contribution < 1.29 is 0 Å². The van der Waals surface area contributed by atoms with E-state index in [0.717, 1.165) is 24.7 Å². The highest BCUT2D eigenvalue weighted by Crippen LogP contribution is 2.25. The van der Waals surface area contributed by atoms with Crippen LogP contribution in [0.15, 0.2) is 85.5 Å². The summed E-state index contributed by atoms with van der Waals surface area (Å²) < 4.78 is 2.66. The van der Waals surface area contributed by atoms with E-state index in [-0.39, 0.29) is 0 Å². The predicted octanol–water partition coefficient (Wildman–Crippen LogP) is 5.64. The summed E-state index contributed by atoms with van der Waals surface area (Å²) in [6, 6.07) is 22.5. The molecule has 0 aliphatic rings. The molecule has 0 bridgehead atoms. The highest BCUT2D eigenvalue weighted by Gasteiger charge is 2.29. The molecule has 0 radical (unpaired) electrons. The van der Waals surface area contributed by atoms with E-state index in [1.165, 1.54) is 11.1 Å². The second-order valence-electron chi connectivity index (χ2n) is 6.68. The molecule has 0 N–H and O–H groups in total. The van der Waals surface area contributed by atoms with Gasteiger partial charge >= 0.3 is 0 Å². The van der Waals surface area contributed by atoms with Gasteiger partial charge < -0.3 is 4.57 Å². The third-order valence-corrected chi connectivity index (χ3v) is 7.58. The van der Waals surface area contributed by atoms with Crippen molar-refractivity contribution in [3.8, 4) is 0 Å². The summed E-state index contributed by atoms with van der Waals surface area (Å²) in [5, 5.41) is 0. The lowest BCUT2D eigenvalue weighted by Gasteiger charge is -2.37. The third-order valence-electron chi connectivity index (χ3n) is 4.24. The van der Waals surface area contributed by atoms with Crippen LogP contribution >= 0.6 is 0 Å². The van der Waals surface area contributed by atoms with E-state index in [1.807, 2.05) is 6.08 Å². The molecule has 0 fully saturated rings. The summed E-state index contributed by atoms with van der Waals surface area (Å²) in [5.74, 6) is 0. The molecule has 0 atom stereocenters. The molecule has 23 heavy (non-hydrogen) atoms. The number of nitrogens with zero attached hydrogens (tertiary/aromatic N) is 1. The molecular formula is C21H27NSi. The van der Waals surface area contributed by atoms with E-state index >= 15 is 0 Å². The van der Waals surface area contributed by atoms with E-state index in [4.69, 9.17) is 0 Å². The third kappa shape index (κ3) is 5.34. The zero-order valence-corrected chi connectivity index (χ0v) is 15.3. The van der Waals surface area contributed by atoms with Crippen molar-refractivity contribution in [2.24, 2.45) is 0 Å². The molecular weight excluding hydrogens is 294 g/mol. The summed E-state index contributed by atoms with van der Waals surface area (Å²) in [6.07, 6.45) is 1.90. The first-order valence-electron chi connectivity index (χ1n) is 8.14. The van der Waals surface area contributed by atoms with E-state index in [0.29, 0.717) is 0 Å². The van der Waals surface area contributed by atoms with Crippen LogP contribution in [-0.4, -0.2) is 12.8 Å². The fraction of sp³-hybridized carbons (Fsp3) is 0.238. The van der Waals surface area contributed by atoms with Crippen LogP contribution in [0.1, 0.15) is 11.1 Å². The summed E-state index contributed by atoms with van der Waals surface area (Å²) in [6.45, 7) is 14.8. The van der Waals surface area contributed by atoms with Crippen molar-refractivity contribution in [2.75, 3.05) is 0 Å². The lowest BCUT2D eigenvalue weighted by Crippen LogP contribution is -2.47. The molecule has 0 amide bonds. The maximum Gasteiger partial charge on any atom is 0.127 e. The minimum Gasteiger partial charge on any atom is -0.315 e. The van der Waals surface area contributed by atoms with Crippen LogP contribution in [-0.2, 0) is 13.1 Å². The van der Waals surface area contributed by atoms with Gasteiger partial charge in [0.1, 0.15) is 8.24 Å². The number of hydrogen-bond donors (Lipinski definition) is 0. The molecule has 0 saturated carbocycles. The molecule has 0 unspecified atom stereocenters. The molecule has 0 aliphatic heterocycles. The molecule has 2 rings (SSSR count). The molecule has 2 aromatic rings. The normalized spacial score (nSPS) is 11.4. The van der Waals surface area contributed by atoms with E-state index in [1.54, 1.807) is 0 Å². The van der Waals surface area contributed by atoms with Crippen molar-refractivity contribution in [3.63, 3.8) is 0 Å². The average Bonchev–Trinajstić information content (AvgIpc) is 2.55. The predicted molar refractivity (Wildman–Crippen MR) is 104 cm³/mol. The SMILES string of the molecule is C=CC(=C)C[Si](C)(C)N(Cc1ccccc1)Cc1ccccc1.